The van der Waals surface area contributed by atoms with Crippen molar-refractivity contribution in [2.45, 2.75) is 32.6 Å². The van der Waals surface area contributed by atoms with E-state index in [1.54, 1.807) is 22.5 Å². The van der Waals surface area contributed by atoms with Crippen LogP contribution in [0.1, 0.15) is 32.2 Å². The lowest BCUT2D eigenvalue weighted by molar-refractivity contribution is 0.0305. The summed E-state index contributed by atoms with van der Waals surface area (Å²) >= 11 is 1.29. The number of anilines is 1. The summed E-state index contributed by atoms with van der Waals surface area (Å²) in [6.45, 7) is 9.50. The molecule has 2 aromatic heterocycles. The molecule has 1 aromatic carbocycles. The van der Waals surface area contributed by atoms with Gasteiger partial charge in [0.15, 0.2) is 0 Å². The Balaban J connectivity index is 1.68. The average Bonchev–Trinajstić information content (AvgIpc) is 3.31. The van der Waals surface area contributed by atoms with Gasteiger partial charge in [0.25, 0.3) is 15.9 Å². The number of nitrogens with zero attached hydrogens (tertiary/aromatic N) is 3. The Labute approximate surface area is 198 Å². The maximum atomic E-state index is 13.3. The van der Waals surface area contributed by atoms with Gasteiger partial charge in [-0.25, -0.2) is 13.4 Å². The fourth-order valence-electron chi connectivity index (χ4n) is 3.93. The number of para-hydroxylation sites is 1. The second-order valence-corrected chi connectivity index (χ2v) is 10.9. The van der Waals surface area contributed by atoms with Crippen molar-refractivity contribution >= 4 is 33.0 Å². The van der Waals surface area contributed by atoms with E-state index in [9.17, 15) is 13.2 Å². The molecule has 3 heterocycles. The molecule has 0 saturated carbocycles. The molecule has 1 amide bonds. The molecule has 10 heteroatoms. The van der Waals surface area contributed by atoms with Gasteiger partial charge in [-0.15, -0.1) is 11.3 Å². The number of carbonyl (C=O) groups is 1. The number of amides is 1. The molecule has 0 radical (unpaired) electrons. The highest BCUT2D eigenvalue weighted by Crippen LogP contribution is 2.34. The predicted molar refractivity (Wildman–Crippen MR) is 129 cm³/mol. The highest BCUT2D eigenvalue weighted by molar-refractivity contribution is 7.92. The molecule has 3 aromatic rings. The minimum absolute atomic E-state index is 0.0602. The van der Waals surface area contributed by atoms with Gasteiger partial charge in [0.1, 0.15) is 14.8 Å². The third-order valence-electron chi connectivity index (χ3n) is 6.00. The van der Waals surface area contributed by atoms with Gasteiger partial charge >= 0.3 is 0 Å². The molecule has 0 atom stereocenters. The van der Waals surface area contributed by atoms with E-state index in [1.165, 1.54) is 11.3 Å². The fraction of sp³-hybridized carbons (Fsp3) is 0.391. The van der Waals surface area contributed by atoms with Crippen LogP contribution in [0.5, 0.6) is 0 Å². The van der Waals surface area contributed by atoms with E-state index >= 15 is 0 Å². The molecule has 1 saturated heterocycles. The van der Waals surface area contributed by atoms with Gasteiger partial charge in [0, 0.05) is 25.8 Å². The smallest absolute Gasteiger partial charge is 0.266 e. The van der Waals surface area contributed by atoms with Gasteiger partial charge < -0.3 is 14.2 Å². The van der Waals surface area contributed by atoms with Gasteiger partial charge in [-0.05, 0) is 44.9 Å². The summed E-state index contributed by atoms with van der Waals surface area (Å²) in [4.78, 5) is 20.1. The van der Waals surface area contributed by atoms with Crippen LogP contribution in [0.3, 0.4) is 0 Å². The van der Waals surface area contributed by atoms with Crippen LogP contribution < -0.4 is 4.72 Å². The van der Waals surface area contributed by atoms with Crippen molar-refractivity contribution in [2.75, 3.05) is 31.0 Å². The largest absolute Gasteiger partial charge is 0.378 e. The quantitative estimate of drug-likeness (QED) is 0.592. The second kappa shape index (κ2) is 8.92. The molecule has 0 spiro atoms. The molecule has 176 valence electrons. The predicted octanol–water partition coefficient (Wildman–Crippen LogP) is 3.66. The molecule has 1 aliphatic heterocycles. The standard InChI is InChI=1S/C23H28N4O4S2/c1-14-7-6-8-15(2)20(14)25-33(29,30)19-13-18(26(5)17(19)4)22-24-16(3)21(32-22)23(28)27-9-11-31-12-10-27/h6-8,13,25H,9-12H2,1-5H3. The maximum Gasteiger partial charge on any atom is 0.266 e. The summed E-state index contributed by atoms with van der Waals surface area (Å²) < 4.78 is 36.5. The molecule has 0 unspecified atom stereocenters. The van der Waals surface area contributed by atoms with Crippen molar-refractivity contribution < 1.29 is 17.9 Å². The minimum atomic E-state index is -3.82. The second-order valence-electron chi connectivity index (χ2n) is 8.25. The lowest BCUT2D eigenvalue weighted by atomic mass is 10.1. The van der Waals surface area contributed by atoms with Crippen LogP contribution in [0, 0.1) is 27.7 Å². The Morgan fingerprint density at radius 1 is 1.12 bits per heavy atom. The molecule has 0 aliphatic carbocycles. The number of aryl methyl sites for hydroxylation is 3. The summed E-state index contributed by atoms with van der Waals surface area (Å²) in [5.41, 5.74) is 4.19. The monoisotopic (exact) mass is 488 g/mol. The highest BCUT2D eigenvalue weighted by atomic mass is 32.2. The lowest BCUT2D eigenvalue weighted by Gasteiger charge is -2.26. The SMILES string of the molecule is Cc1cccc(C)c1NS(=O)(=O)c1cc(-c2nc(C)c(C(=O)N3CCOCC3)s2)n(C)c1C. The van der Waals surface area contributed by atoms with E-state index in [0.717, 1.165) is 11.1 Å². The zero-order chi connectivity index (χ0) is 23.9. The number of aromatic nitrogens is 2. The first kappa shape index (κ1) is 23.5. The summed E-state index contributed by atoms with van der Waals surface area (Å²) in [5.74, 6) is -0.0602. The number of carbonyl (C=O) groups excluding carboxylic acids is 1. The van der Waals surface area contributed by atoms with Crippen molar-refractivity contribution in [3.63, 3.8) is 0 Å². The summed E-state index contributed by atoms with van der Waals surface area (Å²) in [7, 11) is -2.01. The highest BCUT2D eigenvalue weighted by Gasteiger charge is 2.27. The fourth-order valence-corrected chi connectivity index (χ4v) is 6.51. The van der Waals surface area contributed by atoms with E-state index in [2.05, 4.69) is 9.71 Å². The van der Waals surface area contributed by atoms with Crippen molar-refractivity contribution in [1.82, 2.24) is 14.5 Å². The Morgan fingerprint density at radius 3 is 2.39 bits per heavy atom. The normalized spacial score (nSPS) is 14.5. The Bertz CT molecular complexity index is 1300. The number of morpholine rings is 1. The molecule has 33 heavy (non-hydrogen) atoms. The van der Waals surface area contributed by atoms with Crippen molar-refractivity contribution in [3.8, 4) is 10.7 Å². The number of sulfonamides is 1. The molecule has 0 bridgehead atoms. The maximum absolute atomic E-state index is 13.3. The van der Waals surface area contributed by atoms with Gasteiger partial charge in [0.05, 0.1) is 30.3 Å². The van der Waals surface area contributed by atoms with Crippen LogP contribution in [0.4, 0.5) is 5.69 Å². The molecule has 1 fully saturated rings. The van der Waals surface area contributed by atoms with Crippen LogP contribution in [-0.4, -0.2) is 55.1 Å². The number of nitrogens with one attached hydrogen (secondary N) is 1. The van der Waals surface area contributed by atoms with E-state index in [4.69, 9.17) is 4.74 Å². The zero-order valence-electron chi connectivity index (χ0n) is 19.4. The molecule has 4 rings (SSSR count). The number of rotatable bonds is 5. The van der Waals surface area contributed by atoms with Crippen LogP contribution >= 0.6 is 11.3 Å². The van der Waals surface area contributed by atoms with Crippen molar-refractivity contribution in [3.05, 3.63) is 51.7 Å². The third-order valence-corrected chi connectivity index (χ3v) is 8.64. The van der Waals surface area contributed by atoms with Crippen LogP contribution in [0.15, 0.2) is 29.2 Å². The first-order valence-electron chi connectivity index (χ1n) is 10.7. The van der Waals surface area contributed by atoms with Gasteiger partial charge in [-0.3, -0.25) is 9.52 Å². The number of ether oxygens (including phenoxy) is 1. The van der Waals surface area contributed by atoms with E-state index in [-0.39, 0.29) is 10.8 Å². The Kier molecular flexibility index (Phi) is 6.35. The number of thiazole rings is 1. The van der Waals surface area contributed by atoms with Crippen LogP contribution in [0.25, 0.3) is 10.7 Å². The number of hydrogen-bond donors (Lipinski definition) is 1. The van der Waals surface area contributed by atoms with Gasteiger partial charge in [-0.2, -0.15) is 0 Å². The molecular formula is C23H28N4O4S2. The first-order valence-corrected chi connectivity index (χ1v) is 13.0. The molecule has 8 nitrogen and oxygen atoms in total. The van der Waals surface area contributed by atoms with Crippen LogP contribution in [0.2, 0.25) is 0 Å². The lowest BCUT2D eigenvalue weighted by Crippen LogP contribution is -2.40. The van der Waals surface area contributed by atoms with E-state index in [1.807, 2.05) is 46.0 Å². The molecule has 1 N–H and O–H groups in total. The van der Waals surface area contributed by atoms with Gasteiger partial charge in [0.2, 0.25) is 0 Å². The summed E-state index contributed by atoms with van der Waals surface area (Å²) in [6, 6.07) is 7.28. The summed E-state index contributed by atoms with van der Waals surface area (Å²) in [5, 5.41) is 0.614. The van der Waals surface area contributed by atoms with Crippen molar-refractivity contribution in [2.24, 2.45) is 7.05 Å². The summed E-state index contributed by atoms with van der Waals surface area (Å²) in [6.07, 6.45) is 0. The molecule has 1 aliphatic rings. The molecular weight excluding hydrogens is 460 g/mol. The Hall–Kier alpha value is -2.69. The first-order chi connectivity index (χ1) is 15.6. The minimum Gasteiger partial charge on any atom is -0.378 e. The number of hydrogen-bond acceptors (Lipinski definition) is 6. The topological polar surface area (TPSA) is 93.5 Å². The third kappa shape index (κ3) is 4.42. The average molecular weight is 489 g/mol. The van der Waals surface area contributed by atoms with Gasteiger partial charge in [-0.1, -0.05) is 18.2 Å². The van der Waals surface area contributed by atoms with Crippen molar-refractivity contribution in [1.29, 1.82) is 0 Å². The number of benzene rings is 1. The Morgan fingerprint density at radius 2 is 1.76 bits per heavy atom. The van der Waals surface area contributed by atoms with Crippen LogP contribution in [-0.2, 0) is 21.8 Å². The zero-order valence-corrected chi connectivity index (χ0v) is 21.1. The van der Waals surface area contributed by atoms with E-state index in [0.29, 0.717) is 59.0 Å². The van der Waals surface area contributed by atoms with E-state index < -0.39 is 10.0 Å².